The molecule has 4 rings (SSSR count). The summed E-state index contributed by atoms with van der Waals surface area (Å²) >= 11 is 3.83. The van der Waals surface area contributed by atoms with Crippen LogP contribution < -0.4 is 0 Å². The highest BCUT2D eigenvalue weighted by molar-refractivity contribution is 8.00. The molecule has 4 aromatic rings. The summed E-state index contributed by atoms with van der Waals surface area (Å²) in [6.07, 6.45) is 0. The lowest BCUT2D eigenvalue weighted by Crippen LogP contribution is -1.95. The molecule has 8 nitrogen and oxygen atoms in total. The summed E-state index contributed by atoms with van der Waals surface area (Å²) < 4.78 is 2.27. The number of nitro groups is 1. The van der Waals surface area contributed by atoms with Crippen molar-refractivity contribution in [1.82, 2.24) is 25.2 Å². The first-order chi connectivity index (χ1) is 12.2. The number of rotatable bonds is 5. The molecule has 0 atom stereocenters. The van der Waals surface area contributed by atoms with Crippen LogP contribution in [0.2, 0.25) is 0 Å². The SMILES string of the molecule is O=[N+]([O-])c1ccc(-n2nnnc2Sc2nc(-c3ccccc3)cs2)s1. The van der Waals surface area contributed by atoms with E-state index in [4.69, 9.17) is 0 Å². The van der Waals surface area contributed by atoms with Crippen molar-refractivity contribution in [2.75, 3.05) is 0 Å². The number of nitrogens with zero attached hydrogens (tertiary/aromatic N) is 6. The minimum absolute atomic E-state index is 0.0436. The molecule has 0 radical (unpaired) electrons. The molecule has 1 aromatic carbocycles. The molecule has 0 spiro atoms. The van der Waals surface area contributed by atoms with Crippen molar-refractivity contribution in [1.29, 1.82) is 0 Å². The molecule has 0 unspecified atom stereocenters. The molecule has 3 heterocycles. The van der Waals surface area contributed by atoms with Crippen LogP contribution in [0, 0.1) is 10.1 Å². The highest BCUT2D eigenvalue weighted by atomic mass is 32.2. The van der Waals surface area contributed by atoms with E-state index in [2.05, 4.69) is 20.5 Å². The number of hydrogen-bond donors (Lipinski definition) is 0. The molecule has 25 heavy (non-hydrogen) atoms. The Kier molecular flexibility index (Phi) is 4.26. The zero-order valence-electron chi connectivity index (χ0n) is 12.3. The van der Waals surface area contributed by atoms with Crippen LogP contribution in [0.25, 0.3) is 16.3 Å². The van der Waals surface area contributed by atoms with E-state index in [1.165, 1.54) is 33.8 Å². The molecule has 0 N–H and O–H groups in total. The normalized spacial score (nSPS) is 10.9. The van der Waals surface area contributed by atoms with Crippen molar-refractivity contribution in [2.45, 2.75) is 9.50 Å². The van der Waals surface area contributed by atoms with Crippen molar-refractivity contribution in [3.05, 3.63) is 58.0 Å². The second-order valence-corrected chi connectivity index (χ2v) is 7.82. The molecule has 11 heteroatoms. The molecule has 0 amide bonds. The van der Waals surface area contributed by atoms with E-state index >= 15 is 0 Å². The van der Waals surface area contributed by atoms with E-state index in [1.54, 1.807) is 6.07 Å². The van der Waals surface area contributed by atoms with Crippen LogP contribution in [-0.4, -0.2) is 30.1 Å². The molecule has 0 aliphatic heterocycles. The molecular formula is C14H8N6O2S3. The number of benzene rings is 1. The van der Waals surface area contributed by atoms with E-state index < -0.39 is 4.92 Å². The van der Waals surface area contributed by atoms with Crippen molar-refractivity contribution >= 4 is 39.4 Å². The van der Waals surface area contributed by atoms with Gasteiger partial charge in [0.15, 0.2) is 4.34 Å². The van der Waals surface area contributed by atoms with Crippen LogP contribution in [-0.2, 0) is 0 Å². The van der Waals surface area contributed by atoms with Gasteiger partial charge in [-0.05, 0) is 39.6 Å². The maximum absolute atomic E-state index is 10.8. The van der Waals surface area contributed by atoms with Crippen LogP contribution in [0.3, 0.4) is 0 Å². The third-order valence-corrected chi connectivity index (χ3v) is 6.03. The van der Waals surface area contributed by atoms with Crippen molar-refractivity contribution in [3.8, 4) is 16.3 Å². The van der Waals surface area contributed by atoms with Crippen molar-refractivity contribution < 1.29 is 4.92 Å². The largest absolute Gasteiger partial charge is 0.326 e. The first kappa shape index (κ1) is 15.9. The third-order valence-electron chi connectivity index (χ3n) is 3.14. The molecule has 0 saturated heterocycles. The zero-order chi connectivity index (χ0) is 17.2. The van der Waals surface area contributed by atoms with Gasteiger partial charge in [0.05, 0.1) is 10.6 Å². The first-order valence-electron chi connectivity index (χ1n) is 6.92. The molecule has 124 valence electrons. The minimum Gasteiger partial charge on any atom is -0.258 e. The van der Waals surface area contributed by atoms with Gasteiger partial charge in [-0.15, -0.1) is 16.4 Å². The fraction of sp³-hybridized carbons (Fsp3) is 0. The Morgan fingerprint density at radius 2 is 2.00 bits per heavy atom. The Hall–Kier alpha value is -2.63. The Morgan fingerprint density at radius 3 is 2.76 bits per heavy atom. The van der Waals surface area contributed by atoms with Crippen molar-refractivity contribution in [2.24, 2.45) is 0 Å². The van der Waals surface area contributed by atoms with Crippen LogP contribution in [0.4, 0.5) is 5.00 Å². The topological polar surface area (TPSA) is 99.6 Å². The van der Waals surface area contributed by atoms with E-state index in [9.17, 15) is 10.1 Å². The summed E-state index contributed by atoms with van der Waals surface area (Å²) in [6, 6.07) is 12.9. The lowest BCUT2D eigenvalue weighted by Gasteiger charge is -1.98. The van der Waals surface area contributed by atoms with Gasteiger partial charge >= 0.3 is 5.00 Å². The lowest BCUT2D eigenvalue weighted by molar-refractivity contribution is -0.380. The van der Waals surface area contributed by atoms with Gasteiger partial charge in [0, 0.05) is 17.0 Å². The maximum atomic E-state index is 10.8. The Balaban J connectivity index is 1.59. The summed E-state index contributed by atoms with van der Waals surface area (Å²) in [4.78, 5) is 15.0. The van der Waals surface area contributed by atoms with Gasteiger partial charge in [-0.25, -0.2) is 4.98 Å². The number of thiophene rings is 1. The van der Waals surface area contributed by atoms with Crippen LogP contribution in [0.15, 0.2) is 57.3 Å². The Bertz CT molecular complexity index is 1030. The number of hydrogen-bond acceptors (Lipinski definition) is 9. The Morgan fingerprint density at radius 1 is 1.16 bits per heavy atom. The highest BCUT2D eigenvalue weighted by Gasteiger charge is 2.17. The molecule has 3 aromatic heterocycles. The van der Waals surface area contributed by atoms with E-state index in [0.717, 1.165) is 26.9 Å². The summed E-state index contributed by atoms with van der Waals surface area (Å²) in [6.45, 7) is 0. The lowest BCUT2D eigenvalue weighted by atomic mass is 10.2. The van der Waals surface area contributed by atoms with Gasteiger partial charge in [0.2, 0.25) is 5.16 Å². The molecule has 0 aliphatic carbocycles. The number of thiazole rings is 1. The molecule has 0 aliphatic rings. The average molecular weight is 388 g/mol. The summed E-state index contributed by atoms with van der Waals surface area (Å²) in [7, 11) is 0. The number of aromatic nitrogens is 5. The van der Waals surface area contributed by atoms with Gasteiger partial charge in [-0.2, -0.15) is 4.68 Å². The zero-order valence-corrected chi connectivity index (χ0v) is 14.8. The summed E-state index contributed by atoms with van der Waals surface area (Å²) in [5, 5.41) is 25.5. The fourth-order valence-corrected chi connectivity index (χ4v) is 4.57. The third kappa shape index (κ3) is 3.29. The summed E-state index contributed by atoms with van der Waals surface area (Å²) in [5.74, 6) is 0. The molecule has 0 bridgehead atoms. The monoisotopic (exact) mass is 388 g/mol. The predicted molar refractivity (Wildman–Crippen MR) is 95.4 cm³/mol. The van der Waals surface area contributed by atoms with Crippen molar-refractivity contribution in [3.63, 3.8) is 0 Å². The molecule has 0 fully saturated rings. The highest BCUT2D eigenvalue weighted by Crippen LogP contribution is 2.34. The van der Waals surface area contributed by atoms with E-state index in [1.807, 2.05) is 35.7 Å². The van der Waals surface area contributed by atoms with E-state index in [-0.39, 0.29) is 5.00 Å². The standard InChI is InChI=1S/C14H8N6O2S3/c21-20(22)12-7-6-11(24-12)19-13(16-17-18-19)25-14-15-10(8-23-14)9-4-2-1-3-5-9/h1-8H. The van der Waals surface area contributed by atoms with Crippen LogP contribution in [0.5, 0.6) is 0 Å². The van der Waals surface area contributed by atoms with Gasteiger partial charge in [0.25, 0.3) is 0 Å². The second kappa shape index (κ2) is 6.70. The van der Waals surface area contributed by atoms with Gasteiger partial charge in [-0.1, -0.05) is 30.3 Å². The maximum Gasteiger partial charge on any atom is 0.326 e. The van der Waals surface area contributed by atoms with Crippen LogP contribution in [0.1, 0.15) is 0 Å². The second-order valence-electron chi connectivity index (χ2n) is 4.71. The predicted octanol–water partition coefficient (Wildman–Crippen LogP) is 3.91. The Labute approximate surface area is 153 Å². The van der Waals surface area contributed by atoms with Gasteiger partial charge in [0.1, 0.15) is 5.00 Å². The molecule has 0 saturated carbocycles. The van der Waals surface area contributed by atoms with Gasteiger partial charge < -0.3 is 0 Å². The summed E-state index contributed by atoms with van der Waals surface area (Å²) in [5.41, 5.74) is 1.93. The minimum atomic E-state index is -0.432. The van der Waals surface area contributed by atoms with Gasteiger partial charge in [-0.3, -0.25) is 10.1 Å². The first-order valence-corrected chi connectivity index (χ1v) is 9.44. The fourth-order valence-electron chi connectivity index (χ4n) is 2.03. The number of tetrazole rings is 1. The quantitative estimate of drug-likeness (QED) is 0.377. The van der Waals surface area contributed by atoms with E-state index in [0.29, 0.717) is 10.2 Å². The smallest absolute Gasteiger partial charge is 0.258 e. The average Bonchev–Trinajstić information content (AvgIpc) is 3.36. The van der Waals surface area contributed by atoms with Crippen LogP contribution >= 0.6 is 34.4 Å². The molecular weight excluding hydrogens is 380 g/mol.